The zero-order valence-electron chi connectivity index (χ0n) is 12.5. The zero-order valence-corrected chi connectivity index (χ0v) is 12.5. The molecule has 18 heavy (non-hydrogen) atoms. The molecular weight excluding hydrogens is 224 g/mol. The molecule has 3 heteroatoms. The lowest BCUT2D eigenvalue weighted by molar-refractivity contribution is 0.178. The maximum atomic E-state index is 9.44. The fourth-order valence-corrected chi connectivity index (χ4v) is 2.50. The number of hydrogen-bond acceptors (Lipinski definition) is 3. The van der Waals surface area contributed by atoms with Crippen molar-refractivity contribution < 1.29 is 5.11 Å². The smallest absolute Gasteiger partial charge is 0.0459 e. The summed E-state index contributed by atoms with van der Waals surface area (Å²) < 4.78 is 0. The van der Waals surface area contributed by atoms with Crippen molar-refractivity contribution in [3.63, 3.8) is 0 Å². The highest BCUT2D eigenvalue weighted by molar-refractivity contribution is 4.70. The van der Waals surface area contributed by atoms with Crippen LogP contribution in [-0.4, -0.2) is 49.3 Å². The van der Waals surface area contributed by atoms with Gasteiger partial charge in [0.05, 0.1) is 0 Å². The Morgan fingerprint density at radius 2 is 1.83 bits per heavy atom. The van der Waals surface area contributed by atoms with E-state index in [0.29, 0.717) is 17.9 Å². The monoisotopic (exact) mass is 256 g/mol. The summed E-state index contributed by atoms with van der Waals surface area (Å²) >= 11 is 0. The van der Waals surface area contributed by atoms with E-state index in [1.54, 1.807) is 0 Å². The summed E-state index contributed by atoms with van der Waals surface area (Å²) in [7, 11) is 0. The lowest BCUT2D eigenvalue weighted by Crippen LogP contribution is -2.43. The highest BCUT2D eigenvalue weighted by Gasteiger charge is 2.15. The third-order valence-corrected chi connectivity index (χ3v) is 3.86. The van der Waals surface area contributed by atoms with Crippen LogP contribution in [0.1, 0.15) is 46.5 Å². The molecule has 0 aromatic heterocycles. The quantitative estimate of drug-likeness (QED) is 0.732. The van der Waals surface area contributed by atoms with Gasteiger partial charge in [0, 0.05) is 32.8 Å². The third-order valence-electron chi connectivity index (χ3n) is 3.86. The summed E-state index contributed by atoms with van der Waals surface area (Å²) in [6.45, 7) is 13.0. The van der Waals surface area contributed by atoms with Crippen LogP contribution in [0.4, 0.5) is 0 Å². The second-order valence-corrected chi connectivity index (χ2v) is 6.88. The Balaban J connectivity index is 2.10. The average molecular weight is 256 g/mol. The van der Waals surface area contributed by atoms with Crippen LogP contribution in [0.2, 0.25) is 0 Å². The van der Waals surface area contributed by atoms with Gasteiger partial charge in [-0.1, -0.05) is 20.8 Å². The molecule has 108 valence electrons. The van der Waals surface area contributed by atoms with Gasteiger partial charge in [0.25, 0.3) is 0 Å². The SMILES string of the molecule is CC(C)(C)CC[C@H](CO)CCCN1CCNCC1. The van der Waals surface area contributed by atoms with Gasteiger partial charge < -0.3 is 15.3 Å². The Morgan fingerprint density at radius 3 is 2.39 bits per heavy atom. The van der Waals surface area contributed by atoms with Crippen LogP contribution >= 0.6 is 0 Å². The van der Waals surface area contributed by atoms with E-state index in [9.17, 15) is 5.11 Å². The first-order valence-corrected chi connectivity index (χ1v) is 7.55. The first-order valence-electron chi connectivity index (χ1n) is 7.55. The normalized spacial score (nSPS) is 20.0. The predicted octanol–water partition coefficient (Wildman–Crippen LogP) is 2.11. The van der Waals surface area contributed by atoms with Crippen LogP contribution < -0.4 is 5.32 Å². The molecular formula is C15H32N2O. The number of aliphatic hydroxyl groups is 1. The zero-order chi connectivity index (χ0) is 13.4. The van der Waals surface area contributed by atoms with Gasteiger partial charge in [0.1, 0.15) is 0 Å². The highest BCUT2D eigenvalue weighted by atomic mass is 16.3. The number of rotatable bonds is 7. The Morgan fingerprint density at radius 1 is 1.17 bits per heavy atom. The van der Waals surface area contributed by atoms with Crippen molar-refractivity contribution >= 4 is 0 Å². The fourth-order valence-electron chi connectivity index (χ4n) is 2.50. The average Bonchev–Trinajstić information content (AvgIpc) is 2.33. The summed E-state index contributed by atoms with van der Waals surface area (Å²) in [6, 6.07) is 0. The molecule has 1 rings (SSSR count). The molecule has 0 aromatic rings. The summed E-state index contributed by atoms with van der Waals surface area (Å²) in [4.78, 5) is 2.54. The van der Waals surface area contributed by atoms with Crippen molar-refractivity contribution in [2.75, 3.05) is 39.3 Å². The van der Waals surface area contributed by atoms with E-state index in [-0.39, 0.29) is 0 Å². The molecule has 1 aliphatic rings. The van der Waals surface area contributed by atoms with Crippen molar-refractivity contribution in [3.8, 4) is 0 Å². The Kier molecular flexibility index (Phi) is 7.20. The van der Waals surface area contributed by atoms with Crippen molar-refractivity contribution in [1.82, 2.24) is 10.2 Å². The van der Waals surface area contributed by atoms with Gasteiger partial charge in [-0.15, -0.1) is 0 Å². The number of nitrogens with one attached hydrogen (secondary N) is 1. The first-order chi connectivity index (χ1) is 8.51. The van der Waals surface area contributed by atoms with Crippen molar-refractivity contribution in [2.45, 2.75) is 46.5 Å². The molecule has 0 unspecified atom stereocenters. The largest absolute Gasteiger partial charge is 0.396 e. The molecule has 0 spiro atoms. The molecule has 0 radical (unpaired) electrons. The van der Waals surface area contributed by atoms with Gasteiger partial charge >= 0.3 is 0 Å². The molecule has 0 saturated carbocycles. The number of nitrogens with zero attached hydrogens (tertiary/aromatic N) is 1. The van der Waals surface area contributed by atoms with E-state index in [0.717, 1.165) is 13.1 Å². The Labute approximate surface area is 113 Å². The van der Waals surface area contributed by atoms with Crippen molar-refractivity contribution in [3.05, 3.63) is 0 Å². The third kappa shape index (κ3) is 7.34. The first kappa shape index (κ1) is 15.9. The minimum atomic E-state index is 0.359. The van der Waals surface area contributed by atoms with Gasteiger partial charge in [-0.05, 0) is 43.6 Å². The van der Waals surface area contributed by atoms with Crippen LogP contribution in [0.5, 0.6) is 0 Å². The van der Waals surface area contributed by atoms with Crippen molar-refractivity contribution in [2.24, 2.45) is 11.3 Å². The summed E-state index contributed by atoms with van der Waals surface area (Å²) in [6.07, 6.45) is 4.79. The molecule has 1 heterocycles. The summed E-state index contributed by atoms with van der Waals surface area (Å²) in [5.74, 6) is 0.507. The van der Waals surface area contributed by atoms with Crippen LogP contribution in [0, 0.1) is 11.3 Å². The van der Waals surface area contributed by atoms with Gasteiger partial charge in [0.2, 0.25) is 0 Å². The molecule has 2 N–H and O–H groups in total. The van der Waals surface area contributed by atoms with Crippen LogP contribution in [0.25, 0.3) is 0 Å². The van der Waals surface area contributed by atoms with Crippen LogP contribution in [-0.2, 0) is 0 Å². The summed E-state index contributed by atoms with van der Waals surface area (Å²) in [5.41, 5.74) is 0.395. The van der Waals surface area contributed by atoms with Gasteiger partial charge in [-0.25, -0.2) is 0 Å². The van der Waals surface area contributed by atoms with Gasteiger partial charge in [-0.2, -0.15) is 0 Å². The van der Waals surface area contributed by atoms with Gasteiger partial charge in [0.15, 0.2) is 0 Å². The lowest BCUT2D eigenvalue weighted by atomic mass is 9.85. The minimum absolute atomic E-state index is 0.359. The maximum Gasteiger partial charge on any atom is 0.0459 e. The molecule has 0 aromatic carbocycles. The van der Waals surface area contributed by atoms with Crippen LogP contribution in [0.3, 0.4) is 0 Å². The van der Waals surface area contributed by atoms with E-state index < -0.39 is 0 Å². The standard InChI is InChI=1S/C15H32N2O/c1-15(2,3)7-6-14(13-18)5-4-10-17-11-8-16-9-12-17/h14,16,18H,4-13H2,1-3H3/t14-/m1/s1. The van der Waals surface area contributed by atoms with Crippen molar-refractivity contribution in [1.29, 1.82) is 0 Å². The number of piperazine rings is 1. The number of hydrogen-bond donors (Lipinski definition) is 2. The Hall–Kier alpha value is -0.120. The molecule has 0 aliphatic carbocycles. The topological polar surface area (TPSA) is 35.5 Å². The minimum Gasteiger partial charge on any atom is -0.396 e. The molecule has 1 aliphatic heterocycles. The molecule has 0 amide bonds. The van der Waals surface area contributed by atoms with Crippen LogP contribution in [0.15, 0.2) is 0 Å². The lowest BCUT2D eigenvalue weighted by Gasteiger charge is -2.28. The second kappa shape index (κ2) is 8.13. The second-order valence-electron chi connectivity index (χ2n) is 6.88. The molecule has 1 saturated heterocycles. The molecule has 3 nitrogen and oxygen atoms in total. The Bertz CT molecular complexity index is 207. The van der Waals surface area contributed by atoms with Gasteiger partial charge in [-0.3, -0.25) is 0 Å². The van der Waals surface area contributed by atoms with E-state index in [1.165, 1.54) is 45.3 Å². The van der Waals surface area contributed by atoms with E-state index >= 15 is 0 Å². The predicted molar refractivity (Wildman–Crippen MR) is 77.8 cm³/mol. The van der Waals surface area contributed by atoms with E-state index in [1.807, 2.05) is 0 Å². The molecule has 1 atom stereocenters. The molecule has 1 fully saturated rings. The fraction of sp³-hybridized carbons (Fsp3) is 1.00. The van der Waals surface area contributed by atoms with E-state index in [2.05, 4.69) is 31.0 Å². The van der Waals surface area contributed by atoms with E-state index in [4.69, 9.17) is 0 Å². The molecule has 0 bridgehead atoms. The number of aliphatic hydroxyl groups excluding tert-OH is 1. The summed E-state index contributed by atoms with van der Waals surface area (Å²) in [5, 5.41) is 12.8. The highest BCUT2D eigenvalue weighted by Crippen LogP contribution is 2.25. The maximum absolute atomic E-state index is 9.44.